The zero-order valence-electron chi connectivity index (χ0n) is 77.9. The summed E-state index contributed by atoms with van der Waals surface area (Å²) in [7, 11) is 4.64. The molecule has 1 saturated carbocycles. The van der Waals surface area contributed by atoms with Crippen molar-refractivity contribution >= 4 is 87.1 Å². The molecular formula is C98H131N17O17. The second kappa shape index (κ2) is 44.8. The predicted molar refractivity (Wildman–Crippen MR) is 495 cm³/mol. The van der Waals surface area contributed by atoms with Gasteiger partial charge in [-0.1, -0.05) is 89.3 Å². The number of aromatic nitrogens is 9. The van der Waals surface area contributed by atoms with Gasteiger partial charge < -0.3 is 83.8 Å². The zero-order valence-corrected chi connectivity index (χ0v) is 77.9. The molecule has 6 aliphatic heterocycles. The van der Waals surface area contributed by atoms with Gasteiger partial charge in [0.1, 0.15) is 53.8 Å². The maximum absolute atomic E-state index is 14.9. The Balaban J connectivity index is 0.495. The molecule has 0 radical (unpaired) electrons. The van der Waals surface area contributed by atoms with Crippen molar-refractivity contribution in [2.24, 2.45) is 35.5 Å². The molecule has 34 heteroatoms. The fourth-order valence-electron chi connectivity index (χ4n) is 19.7. The van der Waals surface area contributed by atoms with Gasteiger partial charge in [0.25, 0.3) is 23.6 Å². The summed E-state index contributed by atoms with van der Waals surface area (Å²) in [4.78, 5) is 142. The zero-order chi connectivity index (χ0) is 93.4. The Bertz CT molecular complexity index is 5300. The van der Waals surface area contributed by atoms with Gasteiger partial charge in [0.05, 0.1) is 55.4 Å². The van der Waals surface area contributed by atoms with Crippen LogP contribution in [0.4, 0.5) is 23.7 Å². The lowest BCUT2D eigenvalue weighted by molar-refractivity contribution is -0.265. The Morgan fingerprint density at radius 1 is 0.697 bits per heavy atom. The number of allylic oxidation sites excluding steroid dienone is 6. The summed E-state index contributed by atoms with van der Waals surface area (Å²) in [6.45, 7) is 21.6. The number of Topliss-reactive ketones (excluding diaryl/α,β-unsaturated/α-hetero) is 2. The molecule has 14 rings (SSSR count). The second-order valence-electron chi connectivity index (χ2n) is 37.1. The van der Waals surface area contributed by atoms with Crippen molar-refractivity contribution < 1.29 is 81.4 Å². The molecule has 7 aliphatic rings. The number of anilines is 4. The van der Waals surface area contributed by atoms with E-state index in [1.165, 1.54) is 18.3 Å². The molecule has 34 nitrogen and oxygen atoms in total. The number of oxazole rings is 1. The highest BCUT2D eigenvalue weighted by Crippen LogP contribution is 2.41. The highest BCUT2D eigenvalue weighted by Gasteiger charge is 2.53. The standard InChI is InChI=1S/C98H131N17O17/c1-60-16-12-11-13-17-62(3)80(125-8)52-74-26-20-66(7)98(124,132-74)89(120)93(122)114-33-15-14-18-76(114)94(123)130-77(27-19-61(2)47-65(6)87(119)88(127-10)86(118)64(5)46-60)63(4)48-67-22-28-79(81(50-67)126-9)129-83(117)30-23-69-53-101-96(102-54-69)112-41-39-110(40-42-112)82(116)32-44-128-45-43-109-35-37-111(38-36-109)97-103-55-73(56-104-97)92(121)113-34-31-70-49-68(21-24-72(70)58-113)57-115-91-84(90(99)105-59-106-91)85(108-115)71-25-29-78-75(51-71)107-95(100)131-78/h11-13,16-17,21,24-25,29,47,49,51,53-56,59-61,63-64,66-67,74,76-77,79-81,87-88,119,124H,14-15,18-20,22-23,26-28,30-46,48,50,52,57-58H2,1-10H3,(H2,100,107)(H2,99,105,106)/b13-11+,16-12+,62-17+,65-47+/t60-,61+,63-,64-,66-,67+,74+,76+,77+,79-,80+,81-,87-,88+,98-/m1/s1. The molecule has 11 heterocycles. The van der Waals surface area contributed by atoms with Gasteiger partial charge in [-0.2, -0.15) is 10.1 Å². The number of fused-ring (bicyclic) bond motifs is 6. The number of piperidine rings is 1. The minimum Gasteiger partial charge on any atom is -0.461 e. The van der Waals surface area contributed by atoms with Gasteiger partial charge in [-0.25, -0.2) is 39.4 Å². The van der Waals surface area contributed by atoms with E-state index >= 15 is 0 Å². The molecule has 2 aromatic carbocycles. The van der Waals surface area contributed by atoms with E-state index in [0.29, 0.717) is 219 Å². The van der Waals surface area contributed by atoms with E-state index in [1.54, 1.807) is 58.9 Å². The Morgan fingerprint density at radius 3 is 2.19 bits per heavy atom. The van der Waals surface area contributed by atoms with Crippen molar-refractivity contribution in [3.63, 3.8) is 0 Å². The smallest absolute Gasteiger partial charge is 0.329 e. The van der Waals surface area contributed by atoms with Gasteiger partial charge in [0.2, 0.25) is 23.6 Å². The molecule has 710 valence electrons. The number of hydrogen-bond acceptors (Lipinski definition) is 30. The Labute approximate surface area is 771 Å². The Kier molecular flexibility index (Phi) is 33.0. The summed E-state index contributed by atoms with van der Waals surface area (Å²) >= 11 is 0. The first-order chi connectivity index (χ1) is 63.6. The summed E-state index contributed by atoms with van der Waals surface area (Å²) in [5.74, 6) is -5.80. The van der Waals surface area contributed by atoms with Crippen LogP contribution in [-0.4, -0.2) is 277 Å². The first-order valence-electron chi connectivity index (χ1n) is 47.0. The van der Waals surface area contributed by atoms with Crippen LogP contribution in [0.3, 0.4) is 0 Å². The van der Waals surface area contributed by atoms with Gasteiger partial charge in [-0.05, 0) is 179 Å². The molecule has 3 amide bonds. The summed E-state index contributed by atoms with van der Waals surface area (Å²) in [5, 5.41) is 29.5. The number of aliphatic hydroxyl groups excluding tert-OH is 1. The molecule has 5 fully saturated rings. The molecule has 1 aliphatic carbocycles. The van der Waals surface area contributed by atoms with Crippen LogP contribution in [0.2, 0.25) is 0 Å². The first kappa shape index (κ1) is 97.2. The Hall–Kier alpha value is -10.9. The average molecular weight is 1820 g/mol. The second-order valence-corrected chi connectivity index (χ2v) is 37.1. The third kappa shape index (κ3) is 23.8. The number of nitrogens with zero attached hydrogens (tertiary/aromatic N) is 15. The highest BCUT2D eigenvalue weighted by molar-refractivity contribution is 6.39. The van der Waals surface area contributed by atoms with E-state index < -0.39 is 84.1 Å². The van der Waals surface area contributed by atoms with Crippen molar-refractivity contribution in [1.29, 1.82) is 0 Å². The van der Waals surface area contributed by atoms with Gasteiger partial charge >= 0.3 is 11.9 Å². The maximum atomic E-state index is 14.9. The third-order valence-electron chi connectivity index (χ3n) is 27.7. The molecule has 2 bridgehead atoms. The average Bonchev–Trinajstić information content (AvgIpc) is 1.63. The van der Waals surface area contributed by atoms with Crippen LogP contribution in [0, 0.1) is 35.5 Å². The molecule has 132 heavy (non-hydrogen) atoms. The number of benzene rings is 2. The molecule has 7 aromatic rings. The van der Waals surface area contributed by atoms with Crippen LogP contribution in [0.5, 0.6) is 0 Å². The quantitative estimate of drug-likeness (QED) is 0.0212. The van der Waals surface area contributed by atoms with Gasteiger partial charge in [0, 0.05) is 155 Å². The number of aryl methyl sites for hydroxylation is 1. The number of nitrogens with two attached hydrogens (primary N) is 2. The number of ketones is 2. The summed E-state index contributed by atoms with van der Waals surface area (Å²) in [6, 6.07) is 10.8. The minimum absolute atomic E-state index is 0.0256. The number of methoxy groups -OCH3 is 3. The van der Waals surface area contributed by atoms with Crippen molar-refractivity contribution in [1.82, 2.24) is 64.3 Å². The molecule has 5 aromatic heterocycles. The van der Waals surface area contributed by atoms with Crippen LogP contribution in [-0.2, 0) is 87.9 Å². The summed E-state index contributed by atoms with van der Waals surface area (Å²) < 4.78 is 50.0. The predicted octanol–water partition coefficient (Wildman–Crippen LogP) is 10.0. The largest absolute Gasteiger partial charge is 0.461 e. The van der Waals surface area contributed by atoms with E-state index in [-0.39, 0.29) is 79.1 Å². The molecule has 4 saturated heterocycles. The van der Waals surface area contributed by atoms with Crippen LogP contribution >= 0.6 is 0 Å². The van der Waals surface area contributed by atoms with Gasteiger partial charge in [0.15, 0.2) is 17.0 Å². The van der Waals surface area contributed by atoms with Crippen molar-refractivity contribution in [2.75, 3.05) is 128 Å². The Morgan fingerprint density at radius 2 is 1.45 bits per heavy atom. The number of cyclic esters (lactones) is 1. The van der Waals surface area contributed by atoms with E-state index in [9.17, 15) is 43.8 Å². The summed E-state index contributed by atoms with van der Waals surface area (Å²) in [5.41, 5.74) is 21.3. The lowest BCUT2D eigenvalue weighted by Crippen LogP contribution is -2.61. The molecule has 0 unspecified atom stereocenters. The first-order valence-corrected chi connectivity index (χ1v) is 47.0. The van der Waals surface area contributed by atoms with E-state index in [4.69, 9.17) is 54.1 Å². The molecular weight excluding hydrogens is 1690 g/mol. The SMILES string of the molecule is CO[C@H]1C[C@@H]2CC[C@@H](C)[C@@](O)(O2)C(=O)C(=O)N2CCCC[C@H]2C(=O)O[C@H]([C@H](C)C[C@@H]2CC[C@@H](OC(=O)CCc3cnc(N4CCN(C(=O)CCOCCN5CCN(c6ncc(C(=O)N7CCc8cc(Cn9nc(-c%10ccc%11oc(N)nc%11c%10)c%10c(N)ncnc%109)ccc8C7)cn6)CC5)CC4)nc3)[C@H](OC)C2)CC[C@H](C)/C=C(\C)[C@@H](O)[C@@H](OC)C(=O)[C@H](C)C[C@H](C)/C=C/C=C/C=C/1C. The van der Waals surface area contributed by atoms with E-state index in [0.717, 1.165) is 53.0 Å². The normalized spacial score (nSPS) is 27.9. The fourth-order valence-corrected chi connectivity index (χ4v) is 19.7. The maximum Gasteiger partial charge on any atom is 0.329 e. The lowest BCUT2D eigenvalue weighted by atomic mass is 9.78. The summed E-state index contributed by atoms with van der Waals surface area (Å²) in [6.07, 6.45) is 22.8. The third-order valence-corrected chi connectivity index (χ3v) is 27.7. The number of aliphatic hydroxyl groups is 2. The number of nitrogen functional groups attached to an aromatic ring is 2. The highest BCUT2D eigenvalue weighted by atomic mass is 16.6. The number of amides is 3. The number of rotatable bonds is 22. The number of piperazine rings is 2. The van der Waals surface area contributed by atoms with E-state index in [1.807, 2.05) is 97.7 Å². The van der Waals surface area contributed by atoms with Crippen LogP contribution < -0.4 is 21.3 Å². The van der Waals surface area contributed by atoms with Gasteiger partial charge in [-0.3, -0.25) is 33.7 Å². The van der Waals surface area contributed by atoms with Crippen molar-refractivity contribution in [3.8, 4) is 11.3 Å². The fraction of sp³-hybridized carbons (Fsp3) is 0.582. The number of carbonyl (C=O) groups excluding carboxylic acids is 7. The lowest BCUT2D eigenvalue weighted by Gasteiger charge is -2.42. The minimum atomic E-state index is -2.44. The molecule has 0 spiro atoms. The van der Waals surface area contributed by atoms with Crippen molar-refractivity contribution in [2.45, 2.75) is 225 Å². The number of ether oxygens (including phenoxy) is 7. The number of esters is 2. The van der Waals surface area contributed by atoms with Crippen LogP contribution in [0.1, 0.15) is 177 Å². The topological polar surface area (TPSA) is 417 Å². The molecule has 6 N–H and O–H groups in total. The monoisotopic (exact) mass is 1820 g/mol. The number of carbonyl (C=O) groups is 7. The van der Waals surface area contributed by atoms with Crippen LogP contribution in [0.25, 0.3) is 33.4 Å². The number of hydrogen-bond donors (Lipinski definition) is 4. The van der Waals surface area contributed by atoms with Crippen LogP contribution in [0.15, 0.2) is 120 Å². The van der Waals surface area contributed by atoms with E-state index in [2.05, 4.69) is 67.8 Å². The van der Waals surface area contributed by atoms with Crippen molar-refractivity contribution in [3.05, 3.63) is 143 Å². The van der Waals surface area contributed by atoms with Gasteiger partial charge in [-0.15, -0.1) is 0 Å². The molecule has 15 atom stereocenters.